The van der Waals surface area contributed by atoms with Crippen LogP contribution in [0.1, 0.15) is 64.7 Å². The van der Waals surface area contributed by atoms with Gasteiger partial charge in [0.05, 0.1) is 0 Å². The lowest BCUT2D eigenvalue weighted by Crippen LogP contribution is -2.20. The van der Waals surface area contributed by atoms with Crippen molar-refractivity contribution in [3.05, 3.63) is 11.6 Å². The Bertz CT molecular complexity index is 172. The summed E-state index contributed by atoms with van der Waals surface area (Å²) in [5.74, 6) is 0. The van der Waals surface area contributed by atoms with Gasteiger partial charge in [0.1, 0.15) is 0 Å². The van der Waals surface area contributed by atoms with E-state index >= 15 is 0 Å². The molecule has 1 aliphatic carbocycles. The average Bonchev–Trinajstić information content (AvgIpc) is 2.20. The normalized spacial score (nSPS) is 19.1. The molecule has 0 aliphatic heterocycles. The molecule has 0 spiro atoms. The molecule has 0 aromatic carbocycles. The second kappa shape index (κ2) is 7.05. The van der Waals surface area contributed by atoms with Crippen molar-refractivity contribution in [1.82, 2.24) is 0 Å². The first-order valence-electron chi connectivity index (χ1n) is 6.26. The molecule has 0 saturated carbocycles. The third-order valence-corrected chi connectivity index (χ3v) is 3.09. The summed E-state index contributed by atoms with van der Waals surface area (Å²) in [4.78, 5) is 0. The molecule has 0 aromatic heterocycles. The van der Waals surface area contributed by atoms with Gasteiger partial charge >= 0.3 is 0 Å². The van der Waals surface area contributed by atoms with Gasteiger partial charge in [-0.25, -0.2) is 0 Å². The van der Waals surface area contributed by atoms with E-state index in [2.05, 4.69) is 13.0 Å². The lowest BCUT2D eigenvalue weighted by molar-refractivity contribution is 0.538. The average molecular weight is 195 g/mol. The van der Waals surface area contributed by atoms with Gasteiger partial charge in [0, 0.05) is 6.04 Å². The Morgan fingerprint density at radius 3 is 2.86 bits per heavy atom. The maximum absolute atomic E-state index is 6.10. The van der Waals surface area contributed by atoms with Crippen LogP contribution in [0.5, 0.6) is 0 Å². The lowest BCUT2D eigenvalue weighted by Gasteiger charge is -2.17. The van der Waals surface area contributed by atoms with Crippen molar-refractivity contribution in [3.8, 4) is 0 Å². The molecule has 1 aliphatic rings. The number of rotatable bonds is 6. The predicted molar refractivity (Wildman–Crippen MR) is 63.3 cm³/mol. The first-order valence-corrected chi connectivity index (χ1v) is 6.26. The predicted octanol–water partition coefficient (Wildman–Crippen LogP) is 3.78. The van der Waals surface area contributed by atoms with Crippen molar-refractivity contribution in [2.75, 3.05) is 0 Å². The SMILES string of the molecule is CCCCCC(N)CC1=CCCCC1. The Labute approximate surface area is 88.8 Å². The van der Waals surface area contributed by atoms with E-state index in [1.807, 2.05) is 0 Å². The van der Waals surface area contributed by atoms with Crippen LogP contribution < -0.4 is 5.73 Å². The molecule has 0 aromatic rings. The van der Waals surface area contributed by atoms with Crippen LogP contribution in [0, 0.1) is 0 Å². The number of unbranched alkanes of at least 4 members (excludes halogenated alkanes) is 2. The van der Waals surface area contributed by atoms with Crippen molar-refractivity contribution in [2.24, 2.45) is 5.73 Å². The van der Waals surface area contributed by atoms with Gasteiger partial charge in [-0.15, -0.1) is 0 Å². The molecule has 1 heteroatoms. The Morgan fingerprint density at radius 1 is 1.36 bits per heavy atom. The van der Waals surface area contributed by atoms with Gasteiger partial charge in [-0.1, -0.05) is 37.8 Å². The molecule has 1 nitrogen and oxygen atoms in total. The molecule has 0 radical (unpaired) electrons. The number of allylic oxidation sites excluding steroid dienone is 1. The Balaban J connectivity index is 2.12. The zero-order valence-corrected chi connectivity index (χ0v) is 9.60. The zero-order chi connectivity index (χ0) is 10.2. The first kappa shape index (κ1) is 11.8. The number of nitrogens with two attached hydrogens (primary N) is 1. The minimum Gasteiger partial charge on any atom is -0.327 e. The largest absolute Gasteiger partial charge is 0.327 e. The van der Waals surface area contributed by atoms with E-state index in [0.29, 0.717) is 6.04 Å². The Kier molecular flexibility index (Phi) is 5.93. The molecule has 1 rings (SSSR count). The Hall–Kier alpha value is -0.300. The molecule has 0 amide bonds. The van der Waals surface area contributed by atoms with E-state index in [1.165, 1.54) is 51.4 Å². The molecule has 1 atom stereocenters. The minimum absolute atomic E-state index is 0.422. The van der Waals surface area contributed by atoms with Crippen molar-refractivity contribution in [1.29, 1.82) is 0 Å². The summed E-state index contributed by atoms with van der Waals surface area (Å²) in [6.45, 7) is 2.25. The first-order chi connectivity index (χ1) is 6.83. The van der Waals surface area contributed by atoms with E-state index in [9.17, 15) is 0 Å². The van der Waals surface area contributed by atoms with Crippen molar-refractivity contribution < 1.29 is 0 Å². The summed E-state index contributed by atoms with van der Waals surface area (Å²) >= 11 is 0. The molecule has 2 N–H and O–H groups in total. The van der Waals surface area contributed by atoms with E-state index in [-0.39, 0.29) is 0 Å². The van der Waals surface area contributed by atoms with Crippen molar-refractivity contribution in [3.63, 3.8) is 0 Å². The van der Waals surface area contributed by atoms with Crippen LogP contribution in [-0.2, 0) is 0 Å². The maximum atomic E-state index is 6.10. The molecule has 0 bridgehead atoms. The summed E-state index contributed by atoms with van der Waals surface area (Å²) in [6, 6.07) is 0.422. The van der Waals surface area contributed by atoms with Crippen LogP contribution in [0.25, 0.3) is 0 Å². The van der Waals surface area contributed by atoms with Crippen LogP contribution in [0.3, 0.4) is 0 Å². The number of hydrogen-bond donors (Lipinski definition) is 1. The van der Waals surface area contributed by atoms with E-state index in [1.54, 1.807) is 5.57 Å². The molecule has 14 heavy (non-hydrogen) atoms. The zero-order valence-electron chi connectivity index (χ0n) is 9.60. The highest BCUT2D eigenvalue weighted by atomic mass is 14.6. The highest BCUT2D eigenvalue weighted by Crippen LogP contribution is 2.22. The summed E-state index contributed by atoms with van der Waals surface area (Å²) in [5, 5.41) is 0. The molecule has 0 fully saturated rings. The molecule has 0 saturated heterocycles. The second-order valence-corrected chi connectivity index (χ2v) is 4.57. The van der Waals surface area contributed by atoms with Gasteiger partial charge < -0.3 is 5.73 Å². The topological polar surface area (TPSA) is 26.0 Å². The van der Waals surface area contributed by atoms with Crippen molar-refractivity contribution in [2.45, 2.75) is 70.8 Å². The monoisotopic (exact) mass is 195 g/mol. The van der Waals surface area contributed by atoms with Gasteiger partial charge in [0.2, 0.25) is 0 Å². The van der Waals surface area contributed by atoms with E-state index in [0.717, 1.165) is 6.42 Å². The standard InChI is InChI=1S/C13H25N/c1-2-3-5-10-13(14)11-12-8-6-4-7-9-12/h8,13H,2-7,9-11,14H2,1H3. The lowest BCUT2D eigenvalue weighted by atomic mass is 9.93. The van der Waals surface area contributed by atoms with E-state index in [4.69, 9.17) is 5.73 Å². The Morgan fingerprint density at radius 2 is 2.21 bits per heavy atom. The quantitative estimate of drug-likeness (QED) is 0.506. The summed E-state index contributed by atoms with van der Waals surface area (Å²) in [5.41, 5.74) is 7.73. The fourth-order valence-corrected chi connectivity index (χ4v) is 2.19. The number of hydrogen-bond acceptors (Lipinski definition) is 1. The third-order valence-electron chi connectivity index (χ3n) is 3.09. The second-order valence-electron chi connectivity index (χ2n) is 4.57. The van der Waals surface area contributed by atoms with Crippen LogP contribution in [-0.4, -0.2) is 6.04 Å². The fourth-order valence-electron chi connectivity index (χ4n) is 2.19. The molecule has 1 unspecified atom stereocenters. The highest BCUT2D eigenvalue weighted by Gasteiger charge is 2.08. The van der Waals surface area contributed by atoms with Gasteiger partial charge in [-0.3, -0.25) is 0 Å². The van der Waals surface area contributed by atoms with Gasteiger partial charge in [0.15, 0.2) is 0 Å². The van der Waals surface area contributed by atoms with Crippen LogP contribution in [0.2, 0.25) is 0 Å². The third kappa shape index (κ3) is 4.80. The van der Waals surface area contributed by atoms with Gasteiger partial charge in [-0.2, -0.15) is 0 Å². The summed E-state index contributed by atoms with van der Waals surface area (Å²) < 4.78 is 0. The van der Waals surface area contributed by atoms with Crippen molar-refractivity contribution >= 4 is 0 Å². The maximum Gasteiger partial charge on any atom is 0.00760 e. The van der Waals surface area contributed by atoms with Crippen LogP contribution >= 0.6 is 0 Å². The van der Waals surface area contributed by atoms with Gasteiger partial charge in [-0.05, 0) is 38.5 Å². The van der Waals surface area contributed by atoms with Crippen LogP contribution in [0.15, 0.2) is 11.6 Å². The van der Waals surface area contributed by atoms with Crippen LogP contribution in [0.4, 0.5) is 0 Å². The summed E-state index contributed by atoms with van der Waals surface area (Å²) in [7, 11) is 0. The minimum atomic E-state index is 0.422. The molecular weight excluding hydrogens is 170 g/mol. The summed E-state index contributed by atoms with van der Waals surface area (Å²) in [6.07, 6.45) is 14.1. The smallest absolute Gasteiger partial charge is 0.00760 e. The highest BCUT2D eigenvalue weighted by molar-refractivity contribution is 5.06. The molecule has 82 valence electrons. The molecule has 0 heterocycles. The van der Waals surface area contributed by atoms with Gasteiger partial charge in [0.25, 0.3) is 0 Å². The fraction of sp³-hybridized carbons (Fsp3) is 0.846. The van der Waals surface area contributed by atoms with E-state index < -0.39 is 0 Å². The molecular formula is C13H25N.